The standard InChI is InChI=1S/C16H14O4/c17-11-13-4-7-14(8-5-13)20-15-3-1-2-12(10-15)6-9-16(18)19/h1-10,17H,11H2,(H,18,19). The van der Waals surface area contributed by atoms with E-state index in [4.69, 9.17) is 14.9 Å². The molecule has 2 rings (SSSR count). The first-order valence-corrected chi connectivity index (χ1v) is 6.06. The predicted octanol–water partition coefficient (Wildman–Crippen LogP) is 3.07. The normalized spacial score (nSPS) is 10.7. The number of carboxylic acids is 1. The summed E-state index contributed by atoms with van der Waals surface area (Å²) in [6, 6.07) is 14.2. The van der Waals surface area contributed by atoms with E-state index in [0.717, 1.165) is 17.2 Å². The number of benzene rings is 2. The van der Waals surface area contributed by atoms with Crippen LogP contribution in [-0.4, -0.2) is 16.2 Å². The second kappa shape index (κ2) is 6.54. The average molecular weight is 270 g/mol. The molecule has 0 fully saturated rings. The Bertz CT molecular complexity index is 615. The van der Waals surface area contributed by atoms with Crippen molar-refractivity contribution in [2.45, 2.75) is 6.61 Å². The highest BCUT2D eigenvalue weighted by molar-refractivity contribution is 5.85. The van der Waals surface area contributed by atoms with Crippen LogP contribution in [0.5, 0.6) is 11.5 Å². The summed E-state index contributed by atoms with van der Waals surface area (Å²) in [6.07, 6.45) is 2.58. The van der Waals surface area contributed by atoms with Crippen molar-refractivity contribution in [3.8, 4) is 11.5 Å². The predicted molar refractivity (Wildman–Crippen MR) is 75.6 cm³/mol. The Morgan fingerprint density at radius 2 is 1.85 bits per heavy atom. The van der Waals surface area contributed by atoms with E-state index in [9.17, 15) is 4.79 Å². The molecule has 0 aliphatic heterocycles. The zero-order valence-electron chi connectivity index (χ0n) is 10.7. The minimum Gasteiger partial charge on any atom is -0.478 e. The lowest BCUT2D eigenvalue weighted by molar-refractivity contribution is -0.131. The lowest BCUT2D eigenvalue weighted by Crippen LogP contribution is -1.88. The molecule has 0 saturated heterocycles. The van der Waals surface area contributed by atoms with Crippen LogP contribution in [0.2, 0.25) is 0 Å². The number of carbonyl (C=O) groups is 1. The molecule has 0 atom stereocenters. The van der Waals surface area contributed by atoms with Gasteiger partial charge in [-0.2, -0.15) is 0 Å². The van der Waals surface area contributed by atoms with Crippen LogP contribution < -0.4 is 4.74 Å². The van der Waals surface area contributed by atoms with Gasteiger partial charge in [-0.1, -0.05) is 24.3 Å². The summed E-state index contributed by atoms with van der Waals surface area (Å²) < 4.78 is 5.66. The van der Waals surface area contributed by atoms with Gasteiger partial charge in [0.2, 0.25) is 0 Å². The molecule has 0 saturated carbocycles. The summed E-state index contributed by atoms with van der Waals surface area (Å²) in [5, 5.41) is 17.6. The lowest BCUT2D eigenvalue weighted by atomic mass is 10.2. The summed E-state index contributed by atoms with van der Waals surface area (Å²) in [6.45, 7) is -0.00422. The third-order valence-electron chi connectivity index (χ3n) is 2.62. The van der Waals surface area contributed by atoms with E-state index in [1.807, 2.05) is 0 Å². The van der Waals surface area contributed by atoms with Crippen LogP contribution in [0.25, 0.3) is 6.08 Å². The number of hydrogen-bond acceptors (Lipinski definition) is 3. The summed E-state index contributed by atoms with van der Waals surface area (Å²) in [5.74, 6) is 0.284. The van der Waals surface area contributed by atoms with Gasteiger partial charge in [0.25, 0.3) is 0 Å². The van der Waals surface area contributed by atoms with Crippen molar-refractivity contribution in [2.24, 2.45) is 0 Å². The number of aliphatic hydroxyl groups excluding tert-OH is 1. The van der Waals surface area contributed by atoms with E-state index in [-0.39, 0.29) is 6.61 Å². The SMILES string of the molecule is O=C(O)C=Cc1cccc(Oc2ccc(CO)cc2)c1. The molecule has 0 spiro atoms. The summed E-state index contributed by atoms with van der Waals surface area (Å²) in [4.78, 5) is 10.5. The Morgan fingerprint density at radius 1 is 1.10 bits per heavy atom. The molecule has 0 amide bonds. The monoisotopic (exact) mass is 270 g/mol. The first kappa shape index (κ1) is 13.8. The molecule has 4 heteroatoms. The number of ether oxygens (including phenoxy) is 1. The highest BCUT2D eigenvalue weighted by atomic mass is 16.5. The van der Waals surface area contributed by atoms with Gasteiger partial charge >= 0.3 is 5.97 Å². The fourth-order valence-electron chi connectivity index (χ4n) is 1.65. The van der Waals surface area contributed by atoms with Crippen molar-refractivity contribution in [3.05, 3.63) is 65.7 Å². The van der Waals surface area contributed by atoms with Crippen LogP contribution in [0.3, 0.4) is 0 Å². The van der Waals surface area contributed by atoms with Crippen molar-refractivity contribution in [2.75, 3.05) is 0 Å². The fourth-order valence-corrected chi connectivity index (χ4v) is 1.65. The minimum atomic E-state index is -0.990. The van der Waals surface area contributed by atoms with Crippen LogP contribution in [0, 0.1) is 0 Å². The molecule has 4 nitrogen and oxygen atoms in total. The number of carboxylic acid groups (broad SMARTS) is 1. The third-order valence-corrected chi connectivity index (χ3v) is 2.62. The van der Waals surface area contributed by atoms with Crippen molar-refractivity contribution in [1.82, 2.24) is 0 Å². The first-order chi connectivity index (χ1) is 9.67. The Labute approximate surface area is 116 Å². The summed E-state index contributed by atoms with van der Waals surface area (Å²) in [7, 11) is 0. The summed E-state index contributed by atoms with van der Waals surface area (Å²) >= 11 is 0. The zero-order valence-corrected chi connectivity index (χ0v) is 10.7. The molecule has 2 N–H and O–H groups in total. The first-order valence-electron chi connectivity index (χ1n) is 6.06. The topological polar surface area (TPSA) is 66.8 Å². The molecular weight excluding hydrogens is 256 g/mol. The van der Waals surface area contributed by atoms with Crippen molar-refractivity contribution >= 4 is 12.0 Å². The molecule has 2 aromatic carbocycles. The van der Waals surface area contributed by atoms with Crippen LogP contribution in [0.15, 0.2) is 54.6 Å². The molecule has 0 unspecified atom stereocenters. The molecule has 20 heavy (non-hydrogen) atoms. The van der Waals surface area contributed by atoms with E-state index in [0.29, 0.717) is 11.5 Å². The van der Waals surface area contributed by atoms with Gasteiger partial charge in [0.05, 0.1) is 6.61 Å². The fraction of sp³-hybridized carbons (Fsp3) is 0.0625. The van der Waals surface area contributed by atoms with Crippen molar-refractivity contribution in [1.29, 1.82) is 0 Å². The van der Waals surface area contributed by atoms with Crippen molar-refractivity contribution in [3.63, 3.8) is 0 Å². The molecule has 2 aromatic rings. The number of rotatable bonds is 5. The maximum Gasteiger partial charge on any atom is 0.328 e. The smallest absolute Gasteiger partial charge is 0.328 e. The Balaban J connectivity index is 2.12. The quantitative estimate of drug-likeness (QED) is 0.819. The third kappa shape index (κ3) is 3.96. The highest BCUT2D eigenvalue weighted by Crippen LogP contribution is 2.23. The highest BCUT2D eigenvalue weighted by Gasteiger charge is 1.99. The molecular formula is C16H14O4. The number of hydrogen-bond donors (Lipinski definition) is 2. The second-order valence-electron chi connectivity index (χ2n) is 4.15. The Morgan fingerprint density at radius 3 is 2.50 bits per heavy atom. The van der Waals surface area contributed by atoms with Gasteiger partial charge in [0.15, 0.2) is 0 Å². The lowest BCUT2D eigenvalue weighted by Gasteiger charge is -2.07. The second-order valence-corrected chi connectivity index (χ2v) is 4.15. The Hall–Kier alpha value is -2.59. The van der Waals surface area contributed by atoms with Gasteiger partial charge in [-0.25, -0.2) is 4.79 Å². The van der Waals surface area contributed by atoms with Gasteiger partial charge in [-0.15, -0.1) is 0 Å². The number of aliphatic carboxylic acids is 1. The van der Waals surface area contributed by atoms with E-state index in [1.165, 1.54) is 6.08 Å². The van der Waals surface area contributed by atoms with Crippen LogP contribution in [-0.2, 0) is 11.4 Å². The van der Waals surface area contributed by atoms with Gasteiger partial charge in [-0.3, -0.25) is 0 Å². The molecule has 0 heterocycles. The van der Waals surface area contributed by atoms with E-state index in [2.05, 4.69) is 0 Å². The summed E-state index contributed by atoms with van der Waals surface area (Å²) in [5.41, 5.74) is 1.56. The van der Waals surface area contributed by atoms with E-state index >= 15 is 0 Å². The van der Waals surface area contributed by atoms with Crippen molar-refractivity contribution < 1.29 is 19.7 Å². The van der Waals surface area contributed by atoms with Crippen LogP contribution in [0.4, 0.5) is 0 Å². The largest absolute Gasteiger partial charge is 0.478 e. The maximum absolute atomic E-state index is 10.5. The molecule has 0 radical (unpaired) electrons. The van der Waals surface area contributed by atoms with Gasteiger partial charge < -0.3 is 14.9 Å². The Kier molecular flexibility index (Phi) is 4.52. The average Bonchev–Trinajstić information content (AvgIpc) is 2.46. The van der Waals surface area contributed by atoms with Gasteiger partial charge in [0.1, 0.15) is 11.5 Å². The molecule has 0 aliphatic rings. The molecule has 102 valence electrons. The maximum atomic E-state index is 10.5. The van der Waals surface area contributed by atoms with Gasteiger partial charge in [-0.05, 0) is 41.5 Å². The van der Waals surface area contributed by atoms with Crippen LogP contribution in [0.1, 0.15) is 11.1 Å². The number of aliphatic hydroxyl groups is 1. The van der Waals surface area contributed by atoms with E-state index in [1.54, 1.807) is 48.5 Å². The van der Waals surface area contributed by atoms with Crippen LogP contribution >= 0.6 is 0 Å². The zero-order chi connectivity index (χ0) is 14.4. The minimum absolute atomic E-state index is 0.00422. The van der Waals surface area contributed by atoms with Gasteiger partial charge in [0, 0.05) is 6.08 Å². The van der Waals surface area contributed by atoms with E-state index < -0.39 is 5.97 Å². The molecule has 0 aromatic heterocycles. The molecule has 0 bridgehead atoms. The molecule has 0 aliphatic carbocycles.